The van der Waals surface area contributed by atoms with Crippen LogP contribution >= 0.6 is 23.4 Å². The van der Waals surface area contributed by atoms with E-state index in [1.165, 1.54) is 0 Å². The van der Waals surface area contributed by atoms with E-state index >= 15 is 0 Å². The number of alkyl halides is 1. The summed E-state index contributed by atoms with van der Waals surface area (Å²) in [5.74, 6) is 0. The van der Waals surface area contributed by atoms with Crippen molar-refractivity contribution in [1.82, 2.24) is 0 Å². The van der Waals surface area contributed by atoms with Gasteiger partial charge in [-0.3, -0.25) is 0 Å². The van der Waals surface area contributed by atoms with E-state index in [-0.39, 0.29) is 0 Å². The standard InChI is InChI=1S/C7H6ClNO2S2/c8-7(13(10)11)9-5-3-1-2-4-6(5)12-7/h1-4,9H,(H,10,11). The van der Waals surface area contributed by atoms with Crippen LogP contribution < -0.4 is 5.32 Å². The third-order valence-corrected chi connectivity index (χ3v) is 4.53. The molecule has 1 aromatic rings. The second kappa shape index (κ2) is 3.16. The van der Waals surface area contributed by atoms with Crippen LogP contribution in [0, 0.1) is 0 Å². The number of nitrogens with one attached hydrogen (secondary N) is 1. The Morgan fingerprint density at radius 1 is 1.54 bits per heavy atom. The van der Waals surface area contributed by atoms with Gasteiger partial charge in [-0.2, -0.15) is 0 Å². The molecule has 2 N–H and O–H groups in total. The van der Waals surface area contributed by atoms with Gasteiger partial charge in [0.05, 0.1) is 5.69 Å². The van der Waals surface area contributed by atoms with Crippen LogP contribution in [-0.4, -0.2) is 12.4 Å². The first-order valence-corrected chi connectivity index (χ1v) is 5.78. The Bertz CT molecular complexity index is 346. The number of rotatable bonds is 1. The molecule has 2 rings (SSSR count). The molecule has 1 aromatic carbocycles. The Hall–Kier alpha value is -0.230. The van der Waals surface area contributed by atoms with E-state index in [0.29, 0.717) is 0 Å². The van der Waals surface area contributed by atoms with Gasteiger partial charge in [0.2, 0.25) is 11.1 Å². The van der Waals surface area contributed by atoms with Gasteiger partial charge in [-0.1, -0.05) is 35.5 Å². The maximum absolute atomic E-state index is 10.9. The Kier molecular flexibility index (Phi) is 2.27. The molecule has 0 saturated heterocycles. The van der Waals surface area contributed by atoms with E-state index in [0.717, 1.165) is 22.3 Å². The number of halogens is 1. The van der Waals surface area contributed by atoms with Gasteiger partial charge in [0, 0.05) is 4.90 Å². The molecular weight excluding hydrogens is 230 g/mol. The van der Waals surface area contributed by atoms with E-state index in [9.17, 15) is 4.21 Å². The summed E-state index contributed by atoms with van der Waals surface area (Å²) in [5.41, 5.74) is 0.796. The van der Waals surface area contributed by atoms with Gasteiger partial charge >= 0.3 is 0 Å². The average molecular weight is 236 g/mol. The Balaban J connectivity index is 2.37. The predicted molar refractivity (Wildman–Crippen MR) is 55.3 cm³/mol. The summed E-state index contributed by atoms with van der Waals surface area (Å²) in [7, 11) is 0. The molecule has 0 aromatic heterocycles. The lowest BCUT2D eigenvalue weighted by Gasteiger charge is -2.15. The van der Waals surface area contributed by atoms with Crippen molar-refractivity contribution in [3.8, 4) is 0 Å². The first-order valence-electron chi connectivity index (χ1n) is 3.48. The van der Waals surface area contributed by atoms with Crippen LogP contribution in [0.25, 0.3) is 0 Å². The molecule has 0 aliphatic carbocycles. The van der Waals surface area contributed by atoms with E-state index in [1.54, 1.807) is 0 Å². The topological polar surface area (TPSA) is 49.3 Å². The zero-order chi connectivity index (χ0) is 9.47. The van der Waals surface area contributed by atoms with Crippen LogP contribution in [0.1, 0.15) is 0 Å². The second-order valence-corrected chi connectivity index (χ2v) is 6.15. The molecule has 13 heavy (non-hydrogen) atoms. The highest BCUT2D eigenvalue weighted by Crippen LogP contribution is 2.48. The molecule has 1 aliphatic heterocycles. The van der Waals surface area contributed by atoms with Crippen LogP contribution in [0.5, 0.6) is 0 Å². The minimum Gasteiger partial charge on any atom is -0.345 e. The van der Waals surface area contributed by atoms with Crippen LogP contribution in [0.15, 0.2) is 29.2 Å². The summed E-state index contributed by atoms with van der Waals surface area (Å²) < 4.78 is 18.5. The molecule has 0 bridgehead atoms. The fraction of sp³-hybridized carbons (Fsp3) is 0.143. The molecule has 0 spiro atoms. The van der Waals surface area contributed by atoms with Gasteiger partial charge in [-0.05, 0) is 12.1 Å². The van der Waals surface area contributed by atoms with Gasteiger partial charge < -0.3 is 9.87 Å². The quantitative estimate of drug-likeness (QED) is 0.446. The number of hydrogen-bond donors (Lipinski definition) is 2. The summed E-state index contributed by atoms with van der Waals surface area (Å²) >= 11 is 4.91. The smallest absolute Gasteiger partial charge is 0.266 e. The van der Waals surface area contributed by atoms with Gasteiger partial charge in [-0.15, -0.1) is 0 Å². The maximum Gasteiger partial charge on any atom is 0.266 e. The molecule has 1 aliphatic rings. The summed E-state index contributed by atoms with van der Waals surface area (Å²) in [6.07, 6.45) is 0. The summed E-state index contributed by atoms with van der Waals surface area (Å²) in [6.45, 7) is 0. The van der Waals surface area contributed by atoms with E-state index < -0.39 is 14.7 Å². The monoisotopic (exact) mass is 235 g/mol. The van der Waals surface area contributed by atoms with Crippen LogP contribution in [0.4, 0.5) is 5.69 Å². The van der Waals surface area contributed by atoms with Crippen LogP contribution in [0.3, 0.4) is 0 Å². The highest BCUT2D eigenvalue weighted by atomic mass is 35.5. The number of fused-ring (bicyclic) bond motifs is 1. The normalized spacial score (nSPS) is 27.8. The van der Waals surface area contributed by atoms with Crippen molar-refractivity contribution in [3.63, 3.8) is 0 Å². The van der Waals surface area contributed by atoms with E-state index in [1.807, 2.05) is 24.3 Å². The van der Waals surface area contributed by atoms with Crippen molar-refractivity contribution in [1.29, 1.82) is 0 Å². The van der Waals surface area contributed by atoms with Crippen molar-refractivity contribution in [3.05, 3.63) is 24.3 Å². The lowest BCUT2D eigenvalue weighted by atomic mass is 10.3. The van der Waals surface area contributed by atoms with Crippen molar-refractivity contribution >= 4 is 40.1 Å². The molecule has 0 saturated carbocycles. The molecule has 0 radical (unpaired) electrons. The highest BCUT2D eigenvalue weighted by molar-refractivity contribution is 8.13. The average Bonchev–Trinajstić information content (AvgIpc) is 2.42. The SMILES string of the molecule is O=S(O)C1(Cl)Nc2ccccc2S1. The summed E-state index contributed by atoms with van der Waals surface area (Å²) in [6, 6.07) is 7.37. The zero-order valence-electron chi connectivity index (χ0n) is 6.36. The lowest BCUT2D eigenvalue weighted by Crippen LogP contribution is -2.28. The largest absolute Gasteiger partial charge is 0.345 e. The van der Waals surface area contributed by atoms with Gasteiger partial charge in [0.1, 0.15) is 0 Å². The minimum atomic E-state index is -2.12. The third-order valence-electron chi connectivity index (χ3n) is 1.64. The predicted octanol–water partition coefficient (Wildman–Crippen LogP) is 2.28. The number of thioether (sulfide) groups is 1. The number of benzene rings is 1. The Morgan fingerprint density at radius 2 is 2.23 bits per heavy atom. The first-order chi connectivity index (χ1) is 6.12. The number of hydrogen-bond acceptors (Lipinski definition) is 3. The molecule has 3 nitrogen and oxygen atoms in total. The molecule has 2 atom stereocenters. The molecule has 70 valence electrons. The van der Waals surface area contributed by atoms with E-state index in [4.69, 9.17) is 16.2 Å². The van der Waals surface area contributed by atoms with Gasteiger partial charge in [0.25, 0.3) is 3.66 Å². The zero-order valence-corrected chi connectivity index (χ0v) is 8.75. The minimum absolute atomic E-state index is 0.796. The lowest BCUT2D eigenvalue weighted by molar-refractivity contribution is 0.561. The summed E-state index contributed by atoms with van der Waals surface area (Å²) in [5, 5.41) is 2.79. The second-order valence-electron chi connectivity index (χ2n) is 2.51. The fourth-order valence-electron chi connectivity index (χ4n) is 1.07. The maximum atomic E-state index is 10.9. The first kappa shape index (κ1) is 9.33. The third kappa shape index (κ3) is 1.57. The molecule has 0 fully saturated rings. The Morgan fingerprint density at radius 3 is 2.85 bits per heavy atom. The van der Waals surface area contributed by atoms with Gasteiger partial charge in [-0.25, -0.2) is 4.21 Å². The molecular formula is C7H6ClNO2S2. The van der Waals surface area contributed by atoms with Crippen molar-refractivity contribution in [2.45, 2.75) is 8.56 Å². The fourth-order valence-corrected chi connectivity index (χ4v) is 2.99. The van der Waals surface area contributed by atoms with Crippen molar-refractivity contribution in [2.24, 2.45) is 0 Å². The number of anilines is 1. The molecule has 6 heteroatoms. The number of para-hydroxylation sites is 1. The van der Waals surface area contributed by atoms with E-state index in [2.05, 4.69) is 5.32 Å². The van der Waals surface area contributed by atoms with Crippen LogP contribution in [-0.2, 0) is 11.1 Å². The van der Waals surface area contributed by atoms with Crippen molar-refractivity contribution in [2.75, 3.05) is 5.32 Å². The van der Waals surface area contributed by atoms with Crippen LogP contribution in [0.2, 0.25) is 0 Å². The Labute approximate surface area is 87.1 Å². The van der Waals surface area contributed by atoms with Gasteiger partial charge in [0.15, 0.2) is 0 Å². The molecule has 2 unspecified atom stereocenters. The van der Waals surface area contributed by atoms with Crippen molar-refractivity contribution < 1.29 is 8.76 Å². The molecule has 1 heterocycles. The molecule has 0 amide bonds. The summed E-state index contributed by atoms with van der Waals surface area (Å²) in [4.78, 5) is 0.889. The highest BCUT2D eigenvalue weighted by Gasteiger charge is 2.41.